The zero-order valence-electron chi connectivity index (χ0n) is 7.91. The highest BCUT2D eigenvalue weighted by Crippen LogP contribution is 1.97. The molecule has 2 heterocycles. The summed E-state index contributed by atoms with van der Waals surface area (Å²) in [5.74, 6) is 0.238. The average molecular weight is 208 g/mol. The number of nitrogens with zero attached hydrogens (tertiary/aromatic N) is 5. The smallest absolute Gasteiger partial charge is 0.288 e. The van der Waals surface area contributed by atoms with Gasteiger partial charge >= 0.3 is 0 Å². The number of hydrogen-bond acceptors (Lipinski definition) is 6. The van der Waals surface area contributed by atoms with E-state index >= 15 is 0 Å². The molecule has 15 heavy (non-hydrogen) atoms. The van der Waals surface area contributed by atoms with Crippen molar-refractivity contribution in [1.29, 1.82) is 0 Å². The quantitative estimate of drug-likeness (QED) is 0.700. The van der Waals surface area contributed by atoms with Crippen molar-refractivity contribution in [1.82, 2.24) is 24.9 Å². The Balaban J connectivity index is 2.14. The molecule has 0 aromatic carbocycles. The van der Waals surface area contributed by atoms with E-state index in [0.717, 1.165) is 0 Å². The summed E-state index contributed by atoms with van der Waals surface area (Å²) in [6, 6.07) is 0. The Labute approximate surface area is 84.1 Å². The van der Waals surface area contributed by atoms with E-state index in [1.165, 1.54) is 11.0 Å². The summed E-state index contributed by atoms with van der Waals surface area (Å²) < 4.78 is 6.18. The van der Waals surface area contributed by atoms with Crippen LogP contribution in [0.25, 0.3) is 0 Å². The number of carbonyl (C=O) groups is 1. The van der Waals surface area contributed by atoms with Crippen LogP contribution in [0.15, 0.2) is 10.9 Å². The van der Waals surface area contributed by atoms with Crippen LogP contribution in [0, 0.1) is 6.92 Å². The van der Waals surface area contributed by atoms with Gasteiger partial charge in [0.1, 0.15) is 12.9 Å². The molecule has 0 fully saturated rings. The molecule has 0 saturated carbocycles. The van der Waals surface area contributed by atoms with Crippen LogP contribution >= 0.6 is 0 Å². The summed E-state index contributed by atoms with van der Waals surface area (Å²) in [6.45, 7) is 1.98. The molecule has 8 heteroatoms. The predicted octanol–water partition coefficient (Wildman–Crippen LogP) is -0.883. The lowest BCUT2D eigenvalue weighted by Crippen LogP contribution is -2.14. The fourth-order valence-electron chi connectivity index (χ4n) is 1.03. The maximum Gasteiger partial charge on any atom is 0.288 e. The first-order valence-electron chi connectivity index (χ1n) is 4.13. The van der Waals surface area contributed by atoms with Crippen LogP contribution in [0.5, 0.6) is 0 Å². The highest BCUT2D eigenvalue weighted by Gasteiger charge is 2.08. The highest BCUT2D eigenvalue weighted by molar-refractivity contribution is 5.88. The lowest BCUT2D eigenvalue weighted by molar-refractivity contribution is 0.0990. The van der Waals surface area contributed by atoms with Gasteiger partial charge in [0, 0.05) is 6.92 Å². The molecule has 0 aliphatic rings. The summed E-state index contributed by atoms with van der Waals surface area (Å²) in [5, 5.41) is 7.50. The van der Waals surface area contributed by atoms with Gasteiger partial charge in [-0.3, -0.25) is 4.79 Å². The van der Waals surface area contributed by atoms with Gasteiger partial charge in [-0.2, -0.15) is 4.98 Å². The largest absolute Gasteiger partial charge is 0.363 e. The van der Waals surface area contributed by atoms with Crippen molar-refractivity contribution in [3.8, 4) is 0 Å². The van der Waals surface area contributed by atoms with Gasteiger partial charge in [-0.25, -0.2) is 9.67 Å². The van der Waals surface area contributed by atoms with Gasteiger partial charge in [0.25, 0.3) is 5.91 Å². The standard InChI is InChI=1S/C7H8N6O2/c1-4-10-5(12-15-4)2-13-3-9-7(11-13)6(8)14/h3H,2H2,1H3,(H2,8,14). The van der Waals surface area contributed by atoms with Crippen LogP contribution in [-0.4, -0.2) is 30.8 Å². The van der Waals surface area contributed by atoms with Crippen LogP contribution in [0.3, 0.4) is 0 Å². The molecule has 0 aliphatic heterocycles. The molecule has 0 bridgehead atoms. The monoisotopic (exact) mass is 208 g/mol. The van der Waals surface area contributed by atoms with Gasteiger partial charge in [0.05, 0.1) is 0 Å². The van der Waals surface area contributed by atoms with Crippen molar-refractivity contribution in [2.75, 3.05) is 0 Å². The number of amides is 1. The molecule has 1 amide bonds. The summed E-state index contributed by atoms with van der Waals surface area (Å²) >= 11 is 0. The zero-order chi connectivity index (χ0) is 10.8. The Morgan fingerprint density at radius 1 is 1.67 bits per heavy atom. The highest BCUT2D eigenvalue weighted by atomic mass is 16.5. The number of carbonyl (C=O) groups excluding carboxylic acids is 1. The molecule has 0 aliphatic carbocycles. The Morgan fingerprint density at radius 2 is 2.47 bits per heavy atom. The summed E-state index contributed by atoms with van der Waals surface area (Å²) in [7, 11) is 0. The van der Waals surface area contributed by atoms with Crippen molar-refractivity contribution in [2.24, 2.45) is 5.73 Å². The van der Waals surface area contributed by atoms with Crippen LogP contribution in [0.4, 0.5) is 0 Å². The number of primary amides is 1. The molecule has 2 N–H and O–H groups in total. The molecule has 2 aromatic rings. The molecular weight excluding hydrogens is 200 g/mol. The lowest BCUT2D eigenvalue weighted by atomic mass is 10.6. The first kappa shape index (κ1) is 9.31. The number of nitrogens with two attached hydrogens (primary N) is 1. The fraction of sp³-hybridized carbons (Fsp3) is 0.286. The van der Waals surface area contributed by atoms with Gasteiger partial charge in [0.15, 0.2) is 5.82 Å². The van der Waals surface area contributed by atoms with E-state index in [1.54, 1.807) is 6.92 Å². The number of aryl methyl sites for hydroxylation is 1. The van der Waals surface area contributed by atoms with Gasteiger partial charge in [-0.05, 0) is 0 Å². The van der Waals surface area contributed by atoms with Crippen LogP contribution < -0.4 is 5.73 Å². The molecule has 2 aromatic heterocycles. The molecule has 78 valence electrons. The summed E-state index contributed by atoms with van der Waals surface area (Å²) in [5.41, 5.74) is 5.00. The van der Waals surface area contributed by atoms with E-state index in [2.05, 4.69) is 20.2 Å². The van der Waals surface area contributed by atoms with E-state index in [4.69, 9.17) is 10.3 Å². The number of aromatic nitrogens is 5. The van der Waals surface area contributed by atoms with E-state index in [0.29, 0.717) is 11.7 Å². The Bertz CT molecular complexity index is 487. The van der Waals surface area contributed by atoms with Crippen molar-refractivity contribution in [2.45, 2.75) is 13.5 Å². The van der Waals surface area contributed by atoms with E-state index < -0.39 is 5.91 Å². The third-order valence-electron chi connectivity index (χ3n) is 1.63. The average Bonchev–Trinajstić information content (AvgIpc) is 2.76. The third-order valence-corrected chi connectivity index (χ3v) is 1.63. The van der Waals surface area contributed by atoms with Gasteiger partial charge < -0.3 is 10.3 Å². The van der Waals surface area contributed by atoms with Crippen LogP contribution in [0.1, 0.15) is 22.3 Å². The molecule has 0 spiro atoms. The SMILES string of the molecule is Cc1nc(Cn2cnc(C(N)=O)n2)no1. The Morgan fingerprint density at radius 3 is 3.00 bits per heavy atom. The van der Waals surface area contributed by atoms with E-state index in [9.17, 15) is 4.79 Å². The minimum Gasteiger partial charge on any atom is -0.363 e. The normalized spacial score (nSPS) is 10.5. The molecular formula is C7H8N6O2. The Kier molecular flexibility index (Phi) is 2.16. The minimum absolute atomic E-state index is 0.0322. The molecule has 0 atom stereocenters. The van der Waals surface area contributed by atoms with Crippen molar-refractivity contribution in [3.63, 3.8) is 0 Å². The van der Waals surface area contributed by atoms with Crippen LogP contribution in [0.2, 0.25) is 0 Å². The lowest BCUT2D eigenvalue weighted by Gasteiger charge is -1.92. The van der Waals surface area contributed by atoms with Gasteiger partial charge in [0.2, 0.25) is 11.7 Å². The minimum atomic E-state index is -0.668. The summed E-state index contributed by atoms with van der Waals surface area (Å²) in [6.07, 6.45) is 1.38. The molecule has 8 nitrogen and oxygen atoms in total. The van der Waals surface area contributed by atoms with Gasteiger partial charge in [-0.1, -0.05) is 5.16 Å². The van der Waals surface area contributed by atoms with Gasteiger partial charge in [-0.15, -0.1) is 5.10 Å². The molecule has 0 saturated heterocycles. The molecule has 2 rings (SSSR count). The fourth-order valence-corrected chi connectivity index (χ4v) is 1.03. The topological polar surface area (TPSA) is 113 Å². The van der Waals surface area contributed by atoms with Crippen molar-refractivity contribution < 1.29 is 9.32 Å². The maximum absolute atomic E-state index is 10.7. The van der Waals surface area contributed by atoms with Crippen LogP contribution in [-0.2, 0) is 6.54 Å². The number of rotatable bonds is 3. The van der Waals surface area contributed by atoms with E-state index in [1.807, 2.05) is 0 Å². The van der Waals surface area contributed by atoms with Crippen molar-refractivity contribution >= 4 is 5.91 Å². The predicted molar refractivity (Wildman–Crippen MR) is 46.7 cm³/mol. The maximum atomic E-state index is 10.7. The second kappa shape index (κ2) is 3.48. The first-order chi connectivity index (χ1) is 7.15. The Hall–Kier alpha value is -2.25. The first-order valence-corrected chi connectivity index (χ1v) is 4.13. The van der Waals surface area contributed by atoms with E-state index in [-0.39, 0.29) is 12.4 Å². The molecule has 0 unspecified atom stereocenters. The summed E-state index contributed by atoms with van der Waals surface area (Å²) in [4.78, 5) is 18.4. The van der Waals surface area contributed by atoms with Crippen molar-refractivity contribution in [3.05, 3.63) is 23.9 Å². The second-order valence-electron chi connectivity index (χ2n) is 2.86. The second-order valence-corrected chi connectivity index (χ2v) is 2.86. The number of hydrogen-bond donors (Lipinski definition) is 1. The molecule has 0 radical (unpaired) electrons. The third kappa shape index (κ3) is 1.98. The zero-order valence-corrected chi connectivity index (χ0v) is 7.91.